The topological polar surface area (TPSA) is 146 Å². The number of hydrogen-bond acceptors (Lipinski definition) is 8. The fourth-order valence-corrected chi connectivity index (χ4v) is 4.43. The molecule has 1 amide bonds. The molecule has 0 fully saturated rings. The molecule has 2 heterocycles. The van der Waals surface area contributed by atoms with Crippen molar-refractivity contribution in [3.63, 3.8) is 0 Å². The van der Waals surface area contributed by atoms with Crippen molar-refractivity contribution in [3.8, 4) is 5.69 Å². The Morgan fingerprint density at radius 1 is 1.15 bits per heavy atom. The van der Waals surface area contributed by atoms with Crippen LogP contribution in [-0.4, -0.2) is 39.3 Å². The van der Waals surface area contributed by atoms with Gasteiger partial charge in [-0.15, -0.1) is 5.10 Å². The van der Waals surface area contributed by atoms with Gasteiger partial charge >= 0.3 is 0 Å². The summed E-state index contributed by atoms with van der Waals surface area (Å²) in [6.45, 7) is 1.89. The summed E-state index contributed by atoms with van der Waals surface area (Å²) in [6, 6.07) is 12.6. The van der Waals surface area contributed by atoms with Crippen LogP contribution in [0.2, 0.25) is 5.02 Å². The summed E-state index contributed by atoms with van der Waals surface area (Å²) >= 11 is 7.61. The lowest BCUT2D eigenvalue weighted by Gasteiger charge is -2.09. The lowest BCUT2D eigenvalue weighted by molar-refractivity contribution is 0.102. The zero-order valence-electron chi connectivity index (χ0n) is 17.7. The van der Waals surface area contributed by atoms with E-state index in [2.05, 4.69) is 25.6 Å². The first-order valence-electron chi connectivity index (χ1n) is 9.77. The number of nitrogens with zero attached hydrogens (tertiary/aromatic N) is 5. The number of thioether (sulfide) groups is 1. The van der Waals surface area contributed by atoms with Crippen molar-refractivity contribution in [2.45, 2.75) is 22.7 Å². The molecule has 0 radical (unpaired) electrons. The number of benzene rings is 2. The number of primary sulfonamides is 1. The molecule has 0 unspecified atom stereocenters. The van der Waals surface area contributed by atoms with Crippen LogP contribution in [0.3, 0.4) is 0 Å². The van der Waals surface area contributed by atoms with E-state index in [1.54, 1.807) is 29.2 Å². The van der Waals surface area contributed by atoms with Gasteiger partial charge < -0.3 is 5.32 Å². The molecule has 4 aromatic rings. The van der Waals surface area contributed by atoms with Gasteiger partial charge in [0, 0.05) is 28.9 Å². The molecular formula is C21H18ClN7O3S2. The van der Waals surface area contributed by atoms with Crippen molar-refractivity contribution in [3.05, 3.63) is 82.9 Å². The number of rotatable bonds is 7. The zero-order chi connectivity index (χ0) is 24.3. The Labute approximate surface area is 204 Å². The third-order valence-corrected chi connectivity index (χ3v) is 6.92. The predicted molar refractivity (Wildman–Crippen MR) is 128 cm³/mol. The van der Waals surface area contributed by atoms with Gasteiger partial charge in [-0.1, -0.05) is 34.6 Å². The van der Waals surface area contributed by atoms with Gasteiger partial charge in [-0.2, -0.15) is 0 Å². The van der Waals surface area contributed by atoms with E-state index < -0.39 is 15.9 Å². The average molecular weight is 516 g/mol. The molecule has 3 N–H and O–H groups in total. The monoisotopic (exact) mass is 515 g/mol. The van der Waals surface area contributed by atoms with Crippen LogP contribution in [0.5, 0.6) is 0 Å². The summed E-state index contributed by atoms with van der Waals surface area (Å²) in [5.74, 6) is -0.215. The molecule has 0 saturated carbocycles. The lowest BCUT2D eigenvalue weighted by Crippen LogP contribution is -2.16. The van der Waals surface area contributed by atoms with Gasteiger partial charge in [0.1, 0.15) is 0 Å². The maximum absolute atomic E-state index is 13.1. The highest BCUT2D eigenvalue weighted by Gasteiger charge is 2.22. The second-order valence-electron chi connectivity index (χ2n) is 7.07. The van der Waals surface area contributed by atoms with Crippen LogP contribution in [0.15, 0.2) is 71.0 Å². The fourth-order valence-electron chi connectivity index (χ4n) is 2.94. The Hall–Kier alpha value is -3.32. The van der Waals surface area contributed by atoms with Crippen molar-refractivity contribution in [1.29, 1.82) is 0 Å². The van der Waals surface area contributed by atoms with E-state index in [0.29, 0.717) is 33.0 Å². The van der Waals surface area contributed by atoms with E-state index in [1.165, 1.54) is 36.0 Å². The number of aryl methyl sites for hydroxylation is 1. The molecule has 13 heteroatoms. The molecule has 0 bridgehead atoms. The number of nitrogens with one attached hydrogen (secondary N) is 1. The van der Waals surface area contributed by atoms with Crippen molar-refractivity contribution >= 4 is 45.0 Å². The number of sulfonamides is 1. The second kappa shape index (κ2) is 9.89. The molecule has 0 spiro atoms. The molecule has 10 nitrogen and oxygen atoms in total. The van der Waals surface area contributed by atoms with Crippen molar-refractivity contribution in [2.24, 2.45) is 5.14 Å². The van der Waals surface area contributed by atoms with Crippen molar-refractivity contribution in [2.75, 3.05) is 5.32 Å². The molecule has 174 valence electrons. The van der Waals surface area contributed by atoms with Crippen LogP contribution in [0.1, 0.15) is 21.7 Å². The molecule has 0 atom stereocenters. The summed E-state index contributed by atoms with van der Waals surface area (Å²) < 4.78 is 24.4. The standard InChI is InChI=1S/C21H18ClN7O3S2/c1-13-3-6-15(11-17(13)22)29-18(12-33-21-24-9-2-10-25-21)19(27-28-29)20(30)26-14-4-7-16(8-5-14)34(23,31)32/h2-11H,12H2,1H3,(H,26,30)(H2,23,31,32). The first kappa shape index (κ1) is 23.8. The zero-order valence-corrected chi connectivity index (χ0v) is 20.1. The van der Waals surface area contributed by atoms with E-state index >= 15 is 0 Å². The molecule has 0 saturated heterocycles. The SMILES string of the molecule is Cc1ccc(-n2nnc(C(=O)Nc3ccc(S(N)(=O)=O)cc3)c2CSc2ncccn2)cc1Cl. The summed E-state index contributed by atoms with van der Waals surface area (Å²) in [6.07, 6.45) is 3.26. The molecule has 34 heavy (non-hydrogen) atoms. The molecule has 2 aromatic heterocycles. The molecule has 0 aliphatic heterocycles. The van der Waals surface area contributed by atoms with Crippen molar-refractivity contribution in [1.82, 2.24) is 25.0 Å². The number of carbonyl (C=O) groups is 1. The van der Waals surface area contributed by atoms with E-state index in [4.69, 9.17) is 16.7 Å². The van der Waals surface area contributed by atoms with Gasteiger partial charge in [-0.05, 0) is 55.0 Å². The Morgan fingerprint density at radius 3 is 2.50 bits per heavy atom. The van der Waals surface area contributed by atoms with E-state index in [-0.39, 0.29) is 10.6 Å². The van der Waals surface area contributed by atoms with E-state index in [1.807, 2.05) is 19.1 Å². The number of halogens is 1. The molecule has 4 rings (SSSR count). The third kappa shape index (κ3) is 5.42. The number of hydrogen-bond donors (Lipinski definition) is 2. The number of amides is 1. The second-order valence-corrected chi connectivity index (χ2v) is 9.98. The third-order valence-electron chi connectivity index (χ3n) is 4.70. The molecular weight excluding hydrogens is 498 g/mol. The smallest absolute Gasteiger partial charge is 0.278 e. The maximum atomic E-state index is 13.1. The average Bonchev–Trinajstić information content (AvgIpc) is 3.24. The molecule has 0 aliphatic carbocycles. The lowest BCUT2D eigenvalue weighted by atomic mass is 10.2. The van der Waals surface area contributed by atoms with E-state index in [9.17, 15) is 13.2 Å². The van der Waals surface area contributed by atoms with Crippen LogP contribution < -0.4 is 10.5 Å². The summed E-state index contributed by atoms with van der Waals surface area (Å²) in [5, 5.41) is 17.2. The maximum Gasteiger partial charge on any atom is 0.278 e. The Bertz CT molecular complexity index is 1440. The molecule has 2 aromatic carbocycles. The number of anilines is 1. The first-order valence-corrected chi connectivity index (χ1v) is 12.7. The van der Waals surface area contributed by atoms with Gasteiger partial charge in [-0.3, -0.25) is 4.79 Å². The highest BCUT2D eigenvalue weighted by Crippen LogP contribution is 2.26. The summed E-state index contributed by atoms with van der Waals surface area (Å²) in [4.78, 5) is 21.4. The first-order chi connectivity index (χ1) is 16.2. The summed E-state index contributed by atoms with van der Waals surface area (Å²) in [7, 11) is -3.84. The Morgan fingerprint density at radius 2 is 1.85 bits per heavy atom. The Kier molecular flexibility index (Phi) is 6.93. The normalized spacial score (nSPS) is 11.4. The summed E-state index contributed by atoms with van der Waals surface area (Å²) in [5.41, 5.74) is 2.52. The quantitative estimate of drug-likeness (QED) is 0.282. The van der Waals surface area contributed by atoms with Crippen LogP contribution in [-0.2, 0) is 15.8 Å². The van der Waals surface area contributed by atoms with Crippen molar-refractivity contribution < 1.29 is 13.2 Å². The number of carbonyl (C=O) groups excluding carboxylic acids is 1. The minimum absolute atomic E-state index is 0.0624. The highest BCUT2D eigenvalue weighted by molar-refractivity contribution is 7.98. The van der Waals surface area contributed by atoms with Crippen LogP contribution >= 0.6 is 23.4 Å². The van der Waals surface area contributed by atoms with Crippen LogP contribution in [0.25, 0.3) is 5.69 Å². The predicted octanol–water partition coefficient (Wildman–Crippen LogP) is 3.21. The molecule has 0 aliphatic rings. The largest absolute Gasteiger partial charge is 0.321 e. The van der Waals surface area contributed by atoms with Crippen LogP contribution in [0.4, 0.5) is 5.69 Å². The van der Waals surface area contributed by atoms with Gasteiger partial charge in [0.05, 0.1) is 16.3 Å². The van der Waals surface area contributed by atoms with Gasteiger partial charge in [0.25, 0.3) is 5.91 Å². The Balaban J connectivity index is 1.65. The number of nitrogens with two attached hydrogens (primary N) is 1. The minimum Gasteiger partial charge on any atom is -0.321 e. The fraction of sp³-hybridized carbons (Fsp3) is 0.0952. The van der Waals surface area contributed by atoms with E-state index in [0.717, 1.165) is 5.56 Å². The minimum atomic E-state index is -3.84. The van der Waals surface area contributed by atoms with Gasteiger partial charge in [-0.25, -0.2) is 28.2 Å². The van der Waals surface area contributed by atoms with Crippen LogP contribution in [0, 0.1) is 6.92 Å². The number of aromatic nitrogens is 5. The highest BCUT2D eigenvalue weighted by atomic mass is 35.5. The van der Waals surface area contributed by atoms with Gasteiger partial charge in [0.15, 0.2) is 10.9 Å². The van der Waals surface area contributed by atoms with Gasteiger partial charge in [0.2, 0.25) is 10.0 Å².